The van der Waals surface area contributed by atoms with E-state index in [1.807, 2.05) is 0 Å². The number of carboxylic acid groups (broad SMARTS) is 1. The second-order valence-electron chi connectivity index (χ2n) is 6.61. The van der Waals surface area contributed by atoms with E-state index >= 15 is 0 Å². The lowest BCUT2D eigenvalue weighted by molar-refractivity contribution is -0.142. The molecule has 0 bridgehead atoms. The highest BCUT2D eigenvalue weighted by atomic mass is 28.3. The molecule has 0 aliphatic heterocycles. The molecule has 112 valence electrons. The average Bonchev–Trinajstić information content (AvgIpc) is 2.76. The minimum absolute atomic E-state index is 0.319. The molecule has 1 aromatic heterocycles. The van der Waals surface area contributed by atoms with Crippen molar-refractivity contribution in [2.45, 2.75) is 51.7 Å². The van der Waals surface area contributed by atoms with E-state index in [4.69, 9.17) is 9.84 Å². The van der Waals surface area contributed by atoms with E-state index in [1.165, 1.54) is 0 Å². The summed E-state index contributed by atoms with van der Waals surface area (Å²) in [6, 6.07) is 1.13. The van der Waals surface area contributed by atoms with Crippen molar-refractivity contribution in [1.29, 1.82) is 0 Å². The minimum Gasteiger partial charge on any atom is -0.481 e. The lowest BCUT2D eigenvalue weighted by Crippen LogP contribution is -2.24. The molecule has 1 atom stereocenters. The lowest BCUT2D eigenvalue weighted by Gasteiger charge is -2.19. The summed E-state index contributed by atoms with van der Waals surface area (Å²) in [6.45, 7) is 8.13. The quantitative estimate of drug-likeness (QED) is 0.640. The molecule has 0 amide bonds. The van der Waals surface area contributed by atoms with Crippen LogP contribution in [0.4, 0.5) is 0 Å². The third-order valence-corrected chi connectivity index (χ3v) is 5.35. The largest absolute Gasteiger partial charge is 0.481 e. The van der Waals surface area contributed by atoms with Crippen molar-refractivity contribution in [3.05, 3.63) is 11.4 Å². The Morgan fingerprint density at radius 2 is 2.25 bits per heavy atom. The van der Waals surface area contributed by atoms with Gasteiger partial charge in [-0.1, -0.05) is 24.9 Å². The fourth-order valence-electron chi connectivity index (χ4n) is 2.29. The predicted molar refractivity (Wildman–Crippen MR) is 77.3 cm³/mol. The molecule has 20 heavy (non-hydrogen) atoms. The normalized spacial score (nSPS) is 18.9. The van der Waals surface area contributed by atoms with Crippen molar-refractivity contribution in [3.8, 4) is 0 Å². The van der Waals surface area contributed by atoms with Gasteiger partial charge >= 0.3 is 5.97 Å². The average molecular weight is 297 g/mol. The number of aliphatic carboxylic acids is 1. The first-order valence-electron chi connectivity index (χ1n) is 7.08. The molecule has 0 saturated carbocycles. The van der Waals surface area contributed by atoms with Crippen LogP contribution in [0.5, 0.6) is 0 Å². The van der Waals surface area contributed by atoms with Crippen LogP contribution in [0.1, 0.15) is 17.8 Å². The van der Waals surface area contributed by atoms with Crippen molar-refractivity contribution >= 4 is 14.0 Å². The van der Waals surface area contributed by atoms with Crippen LogP contribution in [0.3, 0.4) is 0 Å². The Morgan fingerprint density at radius 1 is 1.50 bits per heavy atom. The highest BCUT2D eigenvalue weighted by Crippen LogP contribution is 2.24. The highest BCUT2D eigenvalue weighted by Gasteiger charge is 2.28. The first-order chi connectivity index (χ1) is 9.37. The third-order valence-electron chi connectivity index (χ3n) is 3.65. The smallest absolute Gasteiger partial charge is 0.306 e. The van der Waals surface area contributed by atoms with Gasteiger partial charge in [-0.25, -0.2) is 4.68 Å². The Bertz CT molecular complexity index is 482. The number of hydrogen-bond acceptors (Lipinski definition) is 4. The fraction of sp³-hybridized carbons (Fsp3) is 0.769. The molecule has 1 aliphatic rings. The molecule has 0 fully saturated rings. The van der Waals surface area contributed by atoms with Crippen LogP contribution in [-0.2, 0) is 29.1 Å². The number of hydrogen-bond donors (Lipinski definition) is 1. The zero-order valence-corrected chi connectivity index (χ0v) is 13.4. The maximum absolute atomic E-state index is 11.0. The molecular weight excluding hydrogens is 274 g/mol. The monoisotopic (exact) mass is 297 g/mol. The maximum atomic E-state index is 11.0. The van der Waals surface area contributed by atoms with E-state index in [2.05, 4.69) is 30.0 Å². The summed E-state index contributed by atoms with van der Waals surface area (Å²) in [4.78, 5) is 11.0. The molecule has 1 aromatic rings. The van der Waals surface area contributed by atoms with E-state index in [0.717, 1.165) is 30.5 Å². The Hall–Kier alpha value is -1.21. The van der Waals surface area contributed by atoms with Crippen LogP contribution in [0.15, 0.2) is 0 Å². The van der Waals surface area contributed by atoms with Gasteiger partial charge in [-0.05, 0) is 18.9 Å². The first kappa shape index (κ1) is 15.2. The lowest BCUT2D eigenvalue weighted by atomic mass is 9.90. The number of carboxylic acids is 1. The van der Waals surface area contributed by atoms with Gasteiger partial charge in [0.25, 0.3) is 0 Å². The molecule has 1 N–H and O–H groups in total. The summed E-state index contributed by atoms with van der Waals surface area (Å²) < 4.78 is 7.45. The van der Waals surface area contributed by atoms with E-state index in [9.17, 15) is 4.79 Å². The third kappa shape index (κ3) is 3.89. The molecular formula is C13H23N3O3Si. The summed E-state index contributed by atoms with van der Waals surface area (Å²) >= 11 is 0. The van der Waals surface area contributed by atoms with Gasteiger partial charge in [0.1, 0.15) is 6.73 Å². The fourth-order valence-corrected chi connectivity index (χ4v) is 3.05. The molecule has 2 rings (SSSR count). The van der Waals surface area contributed by atoms with Crippen LogP contribution in [0.2, 0.25) is 25.7 Å². The molecule has 1 aliphatic carbocycles. The van der Waals surface area contributed by atoms with Gasteiger partial charge in [-0.2, -0.15) is 0 Å². The number of nitrogens with zero attached hydrogens (tertiary/aromatic N) is 3. The van der Waals surface area contributed by atoms with Crippen LogP contribution in [0.25, 0.3) is 0 Å². The Morgan fingerprint density at radius 3 is 2.90 bits per heavy atom. The topological polar surface area (TPSA) is 77.2 Å². The van der Waals surface area contributed by atoms with Crippen molar-refractivity contribution < 1.29 is 14.6 Å². The van der Waals surface area contributed by atoms with Crippen LogP contribution >= 0.6 is 0 Å². The molecule has 6 nitrogen and oxygen atoms in total. The molecule has 1 unspecified atom stereocenters. The van der Waals surface area contributed by atoms with Gasteiger partial charge in [0.05, 0.1) is 17.3 Å². The van der Waals surface area contributed by atoms with Crippen molar-refractivity contribution in [3.63, 3.8) is 0 Å². The van der Waals surface area contributed by atoms with E-state index in [1.54, 1.807) is 4.68 Å². The number of ether oxygens (including phenoxy) is 1. The predicted octanol–water partition coefficient (Wildman–Crippen LogP) is 1.78. The second-order valence-corrected chi connectivity index (χ2v) is 12.2. The van der Waals surface area contributed by atoms with Gasteiger partial charge in [0.15, 0.2) is 0 Å². The zero-order valence-electron chi connectivity index (χ0n) is 12.4. The van der Waals surface area contributed by atoms with Crippen molar-refractivity contribution in [2.75, 3.05) is 6.61 Å². The van der Waals surface area contributed by atoms with Crippen molar-refractivity contribution in [1.82, 2.24) is 15.0 Å². The molecule has 1 heterocycles. The summed E-state index contributed by atoms with van der Waals surface area (Å²) in [5, 5.41) is 17.2. The zero-order chi connectivity index (χ0) is 14.8. The van der Waals surface area contributed by atoms with E-state index < -0.39 is 14.0 Å². The summed E-state index contributed by atoms with van der Waals surface area (Å²) in [6.07, 6.45) is 1.86. The van der Waals surface area contributed by atoms with E-state index in [0.29, 0.717) is 19.6 Å². The Balaban J connectivity index is 1.88. The number of rotatable bonds is 6. The maximum Gasteiger partial charge on any atom is 0.306 e. The van der Waals surface area contributed by atoms with Crippen LogP contribution < -0.4 is 0 Å². The second kappa shape index (κ2) is 6.05. The van der Waals surface area contributed by atoms with Gasteiger partial charge in [-0.15, -0.1) is 5.10 Å². The summed E-state index contributed by atoms with van der Waals surface area (Å²) in [7, 11) is -1.07. The molecule has 7 heteroatoms. The summed E-state index contributed by atoms with van der Waals surface area (Å²) in [5.74, 6) is -1.06. The number of aromatic nitrogens is 3. The van der Waals surface area contributed by atoms with Crippen LogP contribution in [-0.4, -0.2) is 40.8 Å². The number of fused-ring (bicyclic) bond motifs is 1. The molecule has 0 spiro atoms. The molecule has 0 aromatic carbocycles. The van der Waals surface area contributed by atoms with Crippen LogP contribution in [0, 0.1) is 5.92 Å². The summed E-state index contributed by atoms with van der Waals surface area (Å²) in [5.41, 5.74) is 1.85. The SMILES string of the molecule is C[Si](C)(C)CCOCn1nnc2c1CCC(C(=O)O)C2. The number of carbonyl (C=O) groups is 1. The standard InChI is InChI=1S/C13H23N3O3Si/c1-20(2,3)7-6-19-9-16-12-5-4-10(13(17)18)8-11(12)14-15-16/h10H,4-9H2,1-3H3,(H,17,18). The Kier molecular flexibility index (Phi) is 4.59. The van der Waals surface area contributed by atoms with Crippen molar-refractivity contribution in [2.24, 2.45) is 5.92 Å². The van der Waals surface area contributed by atoms with Gasteiger partial charge in [0.2, 0.25) is 0 Å². The molecule has 0 radical (unpaired) electrons. The van der Waals surface area contributed by atoms with E-state index in [-0.39, 0.29) is 5.92 Å². The minimum atomic E-state index is -1.07. The first-order valence-corrected chi connectivity index (χ1v) is 10.8. The Labute approximate surface area is 120 Å². The molecule has 0 saturated heterocycles. The highest BCUT2D eigenvalue weighted by molar-refractivity contribution is 6.76. The van der Waals surface area contributed by atoms with Gasteiger partial charge in [-0.3, -0.25) is 4.79 Å². The van der Waals surface area contributed by atoms with Gasteiger partial charge in [0, 0.05) is 21.1 Å². The van der Waals surface area contributed by atoms with Gasteiger partial charge < -0.3 is 9.84 Å².